The molecular weight excluding hydrogens is 491 g/mol. The summed E-state index contributed by atoms with van der Waals surface area (Å²) >= 11 is 0. The zero-order valence-corrected chi connectivity index (χ0v) is 19.4. The number of aliphatic hydroxyl groups excluding tert-OH is 1. The second-order valence-corrected chi connectivity index (χ2v) is 8.49. The Kier molecular flexibility index (Phi) is 8.18. The van der Waals surface area contributed by atoms with Crippen LogP contribution in [-0.4, -0.2) is 23.9 Å². The summed E-state index contributed by atoms with van der Waals surface area (Å²) in [5, 5.41) is 11.8. The number of rotatable bonds is 8. The maximum Gasteiger partial charge on any atom is 0.416 e. The zero-order valence-electron chi connectivity index (χ0n) is 19.4. The summed E-state index contributed by atoms with van der Waals surface area (Å²) in [5.74, 6) is -0.758. The van der Waals surface area contributed by atoms with E-state index in [2.05, 4.69) is 5.32 Å². The van der Waals surface area contributed by atoms with Crippen molar-refractivity contribution in [2.24, 2.45) is 0 Å². The number of hydrogen-bond donors (Lipinski definition) is 2. The summed E-state index contributed by atoms with van der Waals surface area (Å²) < 4.78 is 98.4. The predicted molar refractivity (Wildman–Crippen MR) is 121 cm³/mol. The standard InChI is InChI=1S/C26H24F7NO2/c1-15-8-16(2)10-17(9-15)14-36-23-5-3-4-22(34-13-24(35)26(31,32)33)20(23)12-18-11-19(25(28,29)30)6-7-21(18)27/h3-11,24,34-35H,12-14H2,1-2H3/t24-/m1/s1. The molecule has 0 amide bonds. The molecule has 0 spiro atoms. The van der Waals surface area contributed by atoms with E-state index in [-0.39, 0.29) is 29.2 Å². The van der Waals surface area contributed by atoms with Gasteiger partial charge in [0.1, 0.15) is 18.2 Å². The molecule has 3 aromatic rings. The molecule has 3 nitrogen and oxygen atoms in total. The van der Waals surface area contributed by atoms with Gasteiger partial charge in [-0.05, 0) is 55.3 Å². The minimum Gasteiger partial charge on any atom is -0.489 e. The first-order valence-electron chi connectivity index (χ1n) is 10.9. The Hall–Kier alpha value is -3.27. The summed E-state index contributed by atoms with van der Waals surface area (Å²) in [7, 11) is 0. The average molecular weight is 515 g/mol. The van der Waals surface area contributed by atoms with Gasteiger partial charge in [0.25, 0.3) is 0 Å². The smallest absolute Gasteiger partial charge is 0.416 e. The lowest BCUT2D eigenvalue weighted by Gasteiger charge is -2.20. The molecule has 3 aromatic carbocycles. The molecule has 0 aromatic heterocycles. The van der Waals surface area contributed by atoms with Crippen LogP contribution in [0.5, 0.6) is 5.75 Å². The Morgan fingerprint density at radius 1 is 0.917 bits per heavy atom. The molecule has 0 fully saturated rings. The van der Waals surface area contributed by atoms with Crippen LogP contribution in [0.15, 0.2) is 54.6 Å². The Bertz CT molecular complexity index is 1190. The number of aliphatic hydroxyl groups is 1. The molecule has 0 bridgehead atoms. The van der Waals surface area contributed by atoms with E-state index in [1.54, 1.807) is 0 Å². The fourth-order valence-electron chi connectivity index (χ4n) is 3.76. The molecule has 0 unspecified atom stereocenters. The van der Waals surface area contributed by atoms with Gasteiger partial charge in [0.2, 0.25) is 0 Å². The fourth-order valence-corrected chi connectivity index (χ4v) is 3.76. The van der Waals surface area contributed by atoms with Crippen molar-refractivity contribution in [2.45, 2.75) is 45.3 Å². The van der Waals surface area contributed by atoms with E-state index in [0.717, 1.165) is 16.7 Å². The van der Waals surface area contributed by atoms with Gasteiger partial charge in [0, 0.05) is 24.2 Å². The lowest BCUT2D eigenvalue weighted by atomic mass is 9.99. The van der Waals surface area contributed by atoms with Crippen molar-refractivity contribution >= 4 is 5.69 Å². The van der Waals surface area contributed by atoms with Gasteiger partial charge >= 0.3 is 12.4 Å². The third-order valence-electron chi connectivity index (χ3n) is 5.41. The number of alkyl halides is 6. The number of anilines is 1. The zero-order chi connectivity index (χ0) is 26.7. The van der Waals surface area contributed by atoms with Crippen LogP contribution in [0.3, 0.4) is 0 Å². The lowest BCUT2D eigenvalue weighted by Crippen LogP contribution is -2.35. The minimum absolute atomic E-state index is 0.0630. The van der Waals surface area contributed by atoms with Gasteiger partial charge in [-0.25, -0.2) is 4.39 Å². The molecule has 36 heavy (non-hydrogen) atoms. The molecule has 10 heteroatoms. The van der Waals surface area contributed by atoms with Gasteiger partial charge < -0.3 is 15.2 Å². The van der Waals surface area contributed by atoms with Crippen LogP contribution in [0, 0.1) is 19.7 Å². The van der Waals surface area contributed by atoms with Gasteiger partial charge in [0.15, 0.2) is 6.10 Å². The minimum atomic E-state index is -4.88. The van der Waals surface area contributed by atoms with E-state index >= 15 is 0 Å². The second kappa shape index (κ2) is 10.8. The highest BCUT2D eigenvalue weighted by molar-refractivity contribution is 5.59. The van der Waals surface area contributed by atoms with Gasteiger partial charge in [0.05, 0.1) is 5.56 Å². The second-order valence-electron chi connectivity index (χ2n) is 8.49. The maximum absolute atomic E-state index is 14.5. The van der Waals surface area contributed by atoms with Crippen LogP contribution < -0.4 is 10.1 Å². The molecule has 2 N–H and O–H groups in total. The topological polar surface area (TPSA) is 41.5 Å². The molecule has 0 aliphatic heterocycles. The molecule has 0 aliphatic carbocycles. The van der Waals surface area contributed by atoms with Crippen LogP contribution in [-0.2, 0) is 19.2 Å². The Morgan fingerprint density at radius 2 is 1.58 bits per heavy atom. The normalized spacial score (nSPS) is 12.9. The Morgan fingerprint density at radius 3 is 2.19 bits per heavy atom. The lowest BCUT2D eigenvalue weighted by molar-refractivity contribution is -0.198. The quantitative estimate of drug-likeness (QED) is 0.319. The summed E-state index contributed by atoms with van der Waals surface area (Å²) in [5.41, 5.74) is 1.60. The van der Waals surface area contributed by atoms with E-state index in [4.69, 9.17) is 4.74 Å². The highest BCUT2D eigenvalue weighted by Gasteiger charge is 2.38. The molecule has 0 aliphatic rings. The number of halogens is 7. The van der Waals surface area contributed by atoms with Crippen LogP contribution in [0.1, 0.15) is 33.4 Å². The highest BCUT2D eigenvalue weighted by Crippen LogP contribution is 2.34. The van der Waals surface area contributed by atoms with Crippen molar-refractivity contribution in [2.75, 3.05) is 11.9 Å². The Labute approximate surface area is 203 Å². The average Bonchev–Trinajstić information content (AvgIpc) is 2.76. The van der Waals surface area contributed by atoms with Crippen molar-refractivity contribution in [3.05, 3.63) is 93.8 Å². The number of benzene rings is 3. The van der Waals surface area contributed by atoms with Crippen LogP contribution in [0.4, 0.5) is 36.4 Å². The number of ether oxygens (including phenoxy) is 1. The third kappa shape index (κ3) is 7.13. The molecule has 3 rings (SSSR count). The van der Waals surface area contributed by atoms with Gasteiger partial charge in [-0.15, -0.1) is 0 Å². The molecule has 0 heterocycles. The summed E-state index contributed by atoms with van der Waals surface area (Å²) in [6, 6.07) is 12.0. The van der Waals surface area contributed by atoms with E-state index in [1.807, 2.05) is 32.0 Å². The first-order valence-corrected chi connectivity index (χ1v) is 10.9. The first kappa shape index (κ1) is 27.3. The van der Waals surface area contributed by atoms with Gasteiger partial charge in [-0.3, -0.25) is 0 Å². The monoisotopic (exact) mass is 515 g/mol. The van der Waals surface area contributed by atoms with Crippen LogP contribution >= 0.6 is 0 Å². The maximum atomic E-state index is 14.5. The largest absolute Gasteiger partial charge is 0.489 e. The Balaban J connectivity index is 1.98. The highest BCUT2D eigenvalue weighted by atomic mass is 19.4. The first-order chi connectivity index (χ1) is 16.7. The van der Waals surface area contributed by atoms with Crippen molar-refractivity contribution in [3.8, 4) is 5.75 Å². The molecule has 1 atom stereocenters. The summed E-state index contributed by atoms with van der Waals surface area (Å²) in [6.45, 7) is 2.95. The summed E-state index contributed by atoms with van der Waals surface area (Å²) in [4.78, 5) is 0. The van der Waals surface area contributed by atoms with Crippen molar-refractivity contribution < 1.29 is 40.6 Å². The summed E-state index contributed by atoms with van der Waals surface area (Å²) in [6.07, 6.45) is -12.7. The number of hydrogen-bond acceptors (Lipinski definition) is 3. The van der Waals surface area contributed by atoms with Crippen LogP contribution in [0.25, 0.3) is 0 Å². The third-order valence-corrected chi connectivity index (χ3v) is 5.41. The van der Waals surface area contributed by atoms with Crippen molar-refractivity contribution in [1.82, 2.24) is 0 Å². The van der Waals surface area contributed by atoms with E-state index < -0.39 is 42.8 Å². The molecule has 0 saturated carbocycles. The van der Waals surface area contributed by atoms with Gasteiger partial charge in [-0.1, -0.05) is 35.4 Å². The van der Waals surface area contributed by atoms with E-state index in [1.165, 1.54) is 18.2 Å². The van der Waals surface area contributed by atoms with Crippen LogP contribution in [0.2, 0.25) is 0 Å². The molecule has 0 radical (unpaired) electrons. The number of aryl methyl sites for hydroxylation is 2. The fraction of sp³-hybridized carbons (Fsp3) is 0.308. The van der Waals surface area contributed by atoms with Crippen molar-refractivity contribution in [3.63, 3.8) is 0 Å². The molecular formula is C26H24F7NO2. The molecule has 0 saturated heterocycles. The number of nitrogens with one attached hydrogen (secondary N) is 1. The van der Waals surface area contributed by atoms with E-state index in [9.17, 15) is 35.8 Å². The van der Waals surface area contributed by atoms with Gasteiger partial charge in [-0.2, -0.15) is 26.3 Å². The predicted octanol–water partition coefficient (Wildman–Crippen LogP) is 6.97. The van der Waals surface area contributed by atoms with E-state index in [0.29, 0.717) is 18.2 Å². The molecule has 194 valence electrons. The van der Waals surface area contributed by atoms with Crippen molar-refractivity contribution in [1.29, 1.82) is 0 Å². The SMILES string of the molecule is Cc1cc(C)cc(COc2cccc(NC[C@@H](O)C(F)(F)F)c2Cc2cc(C(F)(F)F)ccc2F)c1.